The lowest BCUT2D eigenvalue weighted by Crippen LogP contribution is -2.39. The molecule has 1 atom stereocenters. The summed E-state index contributed by atoms with van der Waals surface area (Å²) < 4.78 is 5.46. The molecule has 1 fully saturated rings. The van der Waals surface area contributed by atoms with Crippen LogP contribution in [-0.4, -0.2) is 29.2 Å². The Kier molecular flexibility index (Phi) is 4.94. The minimum atomic E-state index is -0.454. The predicted octanol–water partition coefficient (Wildman–Crippen LogP) is 4.75. The second kappa shape index (κ2) is 6.52. The van der Waals surface area contributed by atoms with Gasteiger partial charge in [0, 0.05) is 11.6 Å². The highest BCUT2D eigenvalue weighted by molar-refractivity contribution is 6.30. The Hall–Kier alpha value is -1.48. The molecule has 1 aliphatic heterocycles. The number of hydrogen-bond acceptors (Lipinski definition) is 2. The van der Waals surface area contributed by atoms with Gasteiger partial charge < -0.3 is 9.64 Å². The van der Waals surface area contributed by atoms with Gasteiger partial charge in [0.25, 0.3) is 0 Å². The Labute approximate surface area is 131 Å². The van der Waals surface area contributed by atoms with Gasteiger partial charge in [-0.05, 0) is 51.3 Å². The van der Waals surface area contributed by atoms with E-state index in [4.69, 9.17) is 16.3 Å². The summed E-state index contributed by atoms with van der Waals surface area (Å²) in [6.07, 6.45) is 5.85. The number of ether oxygens (including phenoxy) is 1. The minimum absolute atomic E-state index is 0.107. The van der Waals surface area contributed by atoms with Gasteiger partial charge in [0.05, 0.1) is 6.04 Å². The molecule has 4 heteroatoms. The van der Waals surface area contributed by atoms with Crippen molar-refractivity contribution in [2.45, 2.75) is 45.3 Å². The zero-order valence-corrected chi connectivity index (χ0v) is 13.6. The lowest BCUT2D eigenvalue weighted by molar-refractivity contribution is 0.0256. The molecule has 1 unspecified atom stereocenters. The molecule has 1 aliphatic rings. The van der Waals surface area contributed by atoms with Crippen LogP contribution in [0.2, 0.25) is 5.02 Å². The third-order valence-electron chi connectivity index (χ3n) is 3.31. The maximum absolute atomic E-state index is 12.2. The summed E-state index contributed by atoms with van der Waals surface area (Å²) in [5, 5.41) is 0.725. The second-order valence-corrected chi connectivity index (χ2v) is 6.73. The first-order valence-corrected chi connectivity index (χ1v) is 7.66. The van der Waals surface area contributed by atoms with Gasteiger partial charge in [-0.15, -0.1) is 0 Å². The Morgan fingerprint density at radius 3 is 2.62 bits per heavy atom. The number of hydrogen-bond donors (Lipinski definition) is 0. The van der Waals surface area contributed by atoms with Crippen molar-refractivity contribution in [3.8, 4) is 0 Å². The molecule has 0 aromatic heterocycles. The molecule has 1 aromatic carbocycles. The predicted molar refractivity (Wildman–Crippen MR) is 86.4 cm³/mol. The molecule has 0 N–H and O–H groups in total. The van der Waals surface area contributed by atoms with Crippen molar-refractivity contribution < 1.29 is 9.53 Å². The standard InChI is InChI=1S/C17H22ClNO2/c1-17(2,3)21-16(20)19-12-4-5-15(19)11-8-13-6-9-14(18)10-7-13/h6-11,15H,4-5,12H2,1-3H3/b11-8+. The number of likely N-dealkylation sites (tertiary alicyclic amines) is 1. The fourth-order valence-electron chi connectivity index (χ4n) is 2.34. The van der Waals surface area contributed by atoms with Crippen LogP contribution < -0.4 is 0 Å². The van der Waals surface area contributed by atoms with Crippen molar-refractivity contribution in [1.82, 2.24) is 4.90 Å². The zero-order valence-electron chi connectivity index (χ0n) is 12.8. The Bertz CT molecular complexity index is 517. The van der Waals surface area contributed by atoms with Crippen molar-refractivity contribution >= 4 is 23.8 Å². The maximum Gasteiger partial charge on any atom is 0.410 e. The van der Waals surface area contributed by atoms with Crippen LogP contribution in [0.15, 0.2) is 30.3 Å². The quantitative estimate of drug-likeness (QED) is 0.789. The number of halogens is 1. The van der Waals surface area contributed by atoms with E-state index in [0.717, 1.165) is 30.0 Å². The topological polar surface area (TPSA) is 29.5 Å². The number of benzene rings is 1. The lowest BCUT2D eigenvalue weighted by atomic mass is 10.1. The third kappa shape index (κ3) is 4.78. The summed E-state index contributed by atoms with van der Waals surface area (Å²) in [5.74, 6) is 0. The Balaban J connectivity index is 2.01. The lowest BCUT2D eigenvalue weighted by Gasteiger charge is -2.27. The summed E-state index contributed by atoms with van der Waals surface area (Å²) >= 11 is 5.87. The van der Waals surface area contributed by atoms with Gasteiger partial charge in [-0.2, -0.15) is 0 Å². The number of nitrogens with zero attached hydrogens (tertiary/aromatic N) is 1. The van der Waals surface area contributed by atoms with Crippen LogP contribution in [0.25, 0.3) is 6.08 Å². The molecule has 0 spiro atoms. The van der Waals surface area contributed by atoms with Crippen LogP contribution in [0.1, 0.15) is 39.2 Å². The van der Waals surface area contributed by atoms with Crippen molar-refractivity contribution in [2.75, 3.05) is 6.54 Å². The van der Waals surface area contributed by atoms with Gasteiger partial charge in [-0.1, -0.05) is 35.9 Å². The summed E-state index contributed by atoms with van der Waals surface area (Å²) in [6, 6.07) is 7.76. The summed E-state index contributed by atoms with van der Waals surface area (Å²) in [6.45, 7) is 6.42. The summed E-state index contributed by atoms with van der Waals surface area (Å²) in [7, 11) is 0. The van der Waals surface area contributed by atoms with E-state index in [1.807, 2.05) is 51.1 Å². The molecular weight excluding hydrogens is 286 g/mol. The fraction of sp³-hybridized carbons (Fsp3) is 0.471. The van der Waals surface area contributed by atoms with Crippen LogP contribution in [0.3, 0.4) is 0 Å². The molecule has 1 heterocycles. The normalized spacial score (nSPS) is 19.2. The van der Waals surface area contributed by atoms with E-state index in [1.54, 1.807) is 4.90 Å². The number of rotatable bonds is 2. The number of amides is 1. The smallest absolute Gasteiger partial charge is 0.410 e. The number of carbonyl (C=O) groups is 1. The molecule has 0 bridgehead atoms. The first-order chi connectivity index (χ1) is 9.85. The molecule has 0 saturated carbocycles. The highest BCUT2D eigenvalue weighted by atomic mass is 35.5. The molecule has 1 saturated heterocycles. The maximum atomic E-state index is 12.2. The number of carbonyl (C=O) groups excluding carboxylic acids is 1. The van der Waals surface area contributed by atoms with Crippen LogP contribution >= 0.6 is 11.6 Å². The van der Waals surface area contributed by atoms with Crippen molar-refractivity contribution in [3.63, 3.8) is 0 Å². The van der Waals surface area contributed by atoms with E-state index < -0.39 is 5.60 Å². The van der Waals surface area contributed by atoms with E-state index in [9.17, 15) is 4.79 Å². The van der Waals surface area contributed by atoms with E-state index in [-0.39, 0.29) is 12.1 Å². The van der Waals surface area contributed by atoms with E-state index in [2.05, 4.69) is 6.08 Å². The fourth-order valence-corrected chi connectivity index (χ4v) is 2.46. The molecule has 114 valence electrons. The molecule has 3 nitrogen and oxygen atoms in total. The van der Waals surface area contributed by atoms with E-state index in [1.165, 1.54) is 0 Å². The highest BCUT2D eigenvalue weighted by Crippen LogP contribution is 2.22. The first kappa shape index (κ1) is 15.9. The van der Waals surface area contributed by atoms with E-state index in [0.29, 0.717) is 0 Å². The van der Waals surface area contributed by atoms with Crippen molar-refractivity contribution in [2.24, 2.45) is 0 Å². The third-order valence-corrected chi connectivity index (χ3v) is 3.56. The van der Waals surface area contributed by atoms with Crippen LogP contribution in [0.5, 0.6) is 0 Å². The average molecular weight is 308 g/mol. The molecule has 2 rings (SSSR count). The van der Waals surface area contributed by atoms with Crippen molar-refractivity contribution in [3.05, 3.63) is 40.9 Å². The van der Waals surface area contributed by atoms with Gasteiger partial charge in [0.15, 0.2) is 0 Å². The van der Waals surface area contributed by atoms with Crippen molar-refractivity contribution in [1.29, 1.82) is 0 Å². The molecule has 1 amide bonds. The van der Waals surface area contributed by atoms with Gasteiger partial charge in [-0.3, -0.25) is 0 Å². The van der Waals surface area contributed by atoms with Crippen LogP contribution in [0, 0.1) is 0 Å². The van der Waals surface area contributed by atoms with Crippen LogP contribution in [-0.2, 0) is 4.74 Å². The van der Waals surface area contributed by atoms with E-state index >= 15 is 0 Å². The SMILES string of the molecule is CC(C)(C)OC(=O)N1CCCC1/C=C/c1ccc(Cl)cc1. The highest BCUT2D eigenvalue weighted by Gasteiger charge is 2.30. The largest absolute Gasteiger partial charge is 0.444 e. The van der Waals surface area contributed by atoms with Gasteiger partial charge in [0.1, 0.15) is 5.60 Å². The Morgan fingerprint density at radius 1 is 1.33 bits per heavy atom. The second-order valence-electron chi connectivity index (χ2n) is 6.29. The molecule has 0 aliphatic carbocycles. The molecule has 0 radical (unpaired) electrons. The zero-order chi connectivity index (χ0) is 15.5. The van der Waals surface area contributed by atoms with Crippen LogP contribution in [0.4, 0.5) is 4.79 Å². The summed E-state index contributed by atoms with van der Waals surface area (Å²) in [4.78, 5) is 14.0. The average Bonchev–Trinajstić information content (AvgIpc) is 2.84. The Morgan fingerprint density at radius 2 is 2.00 bits per heavy atom. The molecule has 1 aromatic rings. The molecule has 21 heavy (non-hydrogen) atoms. The van der Waals surface area contributed by atoms with Gasteiger partial charge in [0.2, 0.25) is 0 Å². The summed E-state index contributed by atoms with van der Waals surface area (Å²) in [5.41, 5.74) is 0.625. The van der Waals surface area contributed by atoms with Gasteiger partial charge >= 0.3 is 6.09 Å². The first-order valence-electron chi connectivity index (χ1n) is 7.28. The minimum Gasteiger partial charge on any atom is -0.444 e. The van der Waals surface area contributed by atoms with Gasteiger partial charge in [-0.25, -0.2) is 4.79 Å². The monoisotopic (exact) mass is 307 g/mol. The molecular formula is C17H22ClNO2.